The summed E-state index contributed by atoms with van der Waals surface area (Å²) in [6.45, 7) is 5.06. The Morgan fingerprint density at radius 1 is 1.17 bits per heavy atom. The number of fused-ring (bicyclic) bond motifs is 2. The van der Waals surface area contributed by atoms with Crippen molar-refractivity contribution >= 4 is 17.5 Å². The fourth-order valence-electron chi connectivity index (χ4n) is 5.10. The number of halogens is 2. The van der Waals surface area contributed by atoms with Crippen LogP contribution >= 0.6 is 11.6 Å². The van der Waals surface area contributed by atoms with Gasteiger partial charge in [-0.1, -0.05) is 11.6 Å². The number of rotatable bonds is 3. The summed E-state index contributed by atoms with van der Waals surface area (Å²) >= 11 is 6.05. The van der Waals surface area contributed by atoms with Crippen LogP contribution in [0.3, 0.4) is 0 Å². The highest BCUT2D eigenvalue weighted by atomic mass is 35.5. The lowest BCUT2D eigenvalue weighted by Gasteiger charge is -2.39. The summed E-state index contributed by atoms with van der Waals surface area (Å²) in [6.07, 6.45) is 3.61. The molecule has 0 unspecified atom stereocenters. The van der Waals surface area contributed by atoms with Crippen molar-refractivity contribution in [1.29, 1.82) is 0 Å². The maximum atomic E-state index is 14.1. The minimum atomic E-state index is -0.214. The number of hydrogen-bond donors (Lipinski definition) is 1. The van der Waals surface area contributed by atoms with Gasteiger partial charge in [0.2, 0.25) is 5.95 Å². The molecule has 3 aliphatic rings. The van der Waals surface area contributed by atoms with Gasteiger partial charge in [0.1, 0.15) is 5.82 Å². The molecule has 2 fully saturated rings. The predicted molar refractivity (Wildman–Crippen MR) is 114 cm³/mol. The molecule has 30 heavy (non-hydrogen) atoms. The van der Waals surface area contributed by atoms with Gasteiger partial charge in [-0.15, -0.1) is 0 Å². The van der Waals surface area contributed by atoms with Crippen molar-refractivity contribution in [3.63, 3.8) is 0 Å². The van der Waals surface area contributed by atoms with Crippen molar-refractivity contribution in [3.8, 4) is 0 Å². The zero-order valence-corrected chi connectivity index (χ0v) is 17.7. The van der Waals surface area contributed by atoms with Gasteiger partial charge in [-0.2, -0.15) is 0 Å². The molecule has 1 aliphatic carbocycles. The Morgan fingerprint density at radius 3 is 2.70 bits per heavy atom. The number of anilines is 1. The SMILES string of the molecule is O=c1[nH]c(N2CCOCC2)nc2c1CCC21CCN(Cc2cc(Cl)ccc2F)CC1. The van der Waals surface area contributed by atoms with Crippen molar-refractivity contribution in [3.05, 3.63) is 56.2 Å². The molecule has 1 aromatic carbocycles. The molecule has 0 amide bonds. The Hall–Kier alpha value is -1.96. The number of hydrogen-bond acceptors (Lipinski definition) is 5. The molecule has 1 spiro atoms. The molecule has 1 N–H and O–H groups in total. The van der Waals surface area contributed by atoms with Crippen LogP contribution in [0.5, 0.6) is 0 Å². The highest BCUT2D eigenvalue weighted by molar-refractivity contribution is 6.30. The van der Waals surface area contributed by atoms with Crippen molar-refractivity contribution < 1.29 is 9.13 Å². The lowest BCUT2D eigenvalue weighted by molar-refractivity contribution is 0.122. The Bertz CT molecular complexity index is 997. The van der Waals surface area contributed by atoms with Gasteiger partial charge in [0.25, 0.3) is 5.56 Å². The molecule has 1 aromatic heterocycles. The normalized spacial score (nSPS) is 21.2. The second-order valence-corrected chi connectivity index (χ2v) is 9.04. The van der Waals surface area contributed by atoms with Gasteiger partial charge in [0.05, 0.1) is 18.9 Å². The molecule has 0 saturated carbocycles. The number of morpholine rings is 1. The molecular formula is C22H26ClFN4O2. The summed E-state index contributed by atoms with van der Waals surface area (Å²) in [4.78, 5) is 25.1. The number of nitrogens with one attached hydrogen (secondary N) is 1. The van der Waals surface area contributed by atoms with E-state index in [1.54, 1.807) is 12.1 Å². The highest BCUT2D eigenvalue weighted by Crippen LogP contribution is 2.44. The maximum Gasteiger partial charge on any atom is 0.255 e. The van der Waals surface area contributed by atoms with Crippen molar-refractivity contribution in [1.82, 2.24) is 14.9 Å². The number of nitrogens with zero attached hydrogens (tertiary/aromatic N) is 3. The number of likely N-dealkylation sites (tertiary alicyclic amines) is 1. The Labute approximate surface area is 180 Å². The third kappa shape index (κ3) is 3.63. The molecule has 0 bridgehead atoms. The van der Waals surface area contributed by atoms with Gasteiger partial charge < -0.3 is 9.64 Å². The Morgan fingerprint density at radius 2 is 1.93 bits per heavy atom. The van der Waals surface area contributed by atoms with E-state index in [9.17, 15) is 9.18 Å². The van der Waals surface area contributed by atoms with Crippen LogP contribution in [0.4, 0.5) is 10.3 Å². The Kier molecular flexibility index (Phi) is 5.29. The van der Waals surface area contributed by atoms with Crippen molar-refractivity contribution in [2.45, 2.75) is 37.6 Å². The third-order valence-electron chi connectivity index (χ3n) is 6.88. The number of ether oxygens (including phenoxy) is 1. The van der Waals surface area contributed by atoms with Gasteiger partial charge in [0.15, 0.2) is 0 Å². The van der Waals surface area contributed by atoms with E-state index >= 15 is 0 Å². The van der Waals surface area contributed by atoms with Crippen LogP contribution in [0, 0.1) is 5.82 Å². The lowest BCUT2D eigenvalue weighted by atomic mass is 9.76. The number of H-pyrrole nitrogens is 1. The number of aromatic amines is 1. The van der Waals surface area contributed by atoms with Crippen LogP contribution in [0.25, 0.3) is 0 Å². The van der Waals surface area contributed by atoms with E-state index in [1.807, 2.05) is 0 Å². The molecule has 2 aliphatic heterocycles. The minimum Gasteiger partial charge on any atom is -0.378 e. The van der Waals surface area contributed by atoms with E-state index in [0.29, 0.717) is 36.3 Å². The van der Waals surface area contributed by atoms with E-state index in [0.717, 1.165) is 63.1 Å². The average molecular weight is 433 g/mol. The highest BCUT2D eigenvalue weighted by Gasteiger charge is 2.44. The first kappa shape index (κ1) is 20.0. The van der Waals surface area contributed by atoms with E-state index in [-0.39, 0.29) is 16.8 Å². The first-order chi connectivity index (χ1) is 14.5. The summed E-state index contributed by atoms with van der Waals surface area (Å²) in [5.41, 5.74) is 2.42. The van der Waals surface area contributed by atoms with Gasteiger partial charge in [-0.3, -0.25) is 14.7 Å². The fraction of sp³-hybridized carbons (Fsp3) is 0.545. The molecular weight excluding hydrogens is 407 g/mol. The first-order valence-electron chi connectivity index (χ1n) is 10.7. The van der Waals surface area contributed by atoms with Crippen LogP contribution in [0.1, 0.15) is 36.1 Å². The standard InChI is InChI=1S/C22H26ClFN4O2/c23-16-1-2-18(24)15(13-16)14-27-7-5-22(6-8-27)4-3-17-19(22)25-21(26-20(17)29)28-9-11-30-12-10-28/h1-2,13H,3-12,14H2,(H,25,26,29). The lowest BCUT2D eigenvalue weighted by Crippen LogP contribution is -2.43. The van der Waals surface area contributed by atoms with Gasteiger partial charge in [-0.05, 0) is 57.0 Å². The van der Waals surface area contributed by atoms with E-state index < -0.39 is 0 Å². The van der Waals surface area contributed by atoms with Crippen molar-refractivity contribution in [2.75, 3.05) is 44.3 Å². The molecule has 5 rings (SSSR count). The predicted octanol–water partition coefficient (Wildman–Crippen LogP) is 2.88. The fourth-order valence-corrected chi connectivity index (χ4v) is 5.29. The largest absolute Gasteiger partial charge is 0.378 e. The monoisotopic (exact) mass is 432 g/mol. The zero-order valence-electron chi connectivity index (χ0n) is 16.9. The number of piperidine rings is 1. The second kappa shape index (κ2) is 7.94. The first-order valence-corrected chi connectivity index (χ1v) is 11.0. The molecule has 3 heterocycles. The topological polar surface area (TPSA) is 61.5 Å². The van der Waals surface area contributed by atoms with Crippen LogP contribution in [-0.4, -0.2) is 54.3 Å². The second-order valence-electron chi connectivity index (χ2n) is 8.61. The summed E-state index contributed by atoms with van der Waals surface area (Å²) in [5, 5.41) is 0.559. The van der Waals surface area contributed by atoms with Gasteiger partial charge in [-0.25, -0.2) is 9.37 Å². The van der Waals surface area contributed by atoms with Crippen LogP contribution in [-0.2, 0) is 23.1 Å². The number of aromatic nitrogens is 2. The molecule has 6 nitrogen and oxygen atoms in total. The molecule has 2 saturated heterocycles. The van der Waals surface area contributed by atoms with Gasteiger partial charge >= 0.3 is 0 Å². The quantitative estimate of drug-likeness (QED) is 0.808. The summed E-state index contributed by atoms with van der Waals surface area (Å²) in [7, 11) is 0. The van der Waals surface area contributed by atoms with E-state index in [4.69, 9.17) is 21.3 Å². The molecule has 160 valence electrons. The summed E-state index contributed by atoms with van der Waals surface area (Å²) < 4.78 is 19.6. The maximum absolute atomic E-state index is 14.1. The van der Waals surface area contributed by atoms with E-state index in [2.05, 4.69) is 14.8 Å². The molecule has 0 radical (unpaired) electrons. The Balaban J connectivity index is 1.35. The van der Waals surface area contributed by atoms with Crippen LogP contribution < -0.4 is 10.5 Å². The molecule has 0 atom stereocenters. The minimum absolute atomic E-state index is 0.00166. The van der Waals surface area contributed by atoms with Crippen molar-refractivity contribution in [2.24, 2.45) is 0 Å². The van der Waals surface area contributed by atoms with Crippen LogP contribution in [0.15, 0.2) is 23.0 Å². The van der Waals surface area contributed by atoms with Gasteiger partial charge in [0, 0.05) is 41.2 Å². The molecule has 2 aromatic rings. The summed E-state index contributed by atoms with van der Waals surface area (Å²) in [6, 6.07) is 4.72. The molecule has 8 heteroatoms. The van der Waals surface area contributed by atoms with Crippen LogP contribution in [0.2, 0.25) is 5.02 Å². The third-order valence-corrected chi connectivity index (χ3v) is 7.12. The van der Waals surface area contributed by atoms with E-state index in [1.165, 1.54) is 6.07 Å². The average Bonchev–Trinajstić information content (AvgIpc) is 3.12. The number of benzene rings is 1. The summed E-state index contributed by atoms with van der Waals surface area (Å²) in [5.74, 6) is 0.459. The zero-order chi connectivity index (χ0) is 20.7. The smallest absolute Gasteiger partial charge is 0.255 e.